The molecular formula is C19H24N4O2. The molecule has 3 rings (SSSR count). The summed E-state index contributed by atoms with van der Waals surface area (Å²) in [4.78, 5) is 23.5. The maximum Gasteiger partial charge on any atom is 0.258 e. The molecule has 1 N–H and O–H groups in total. The monoisotopic (exact) mass is 340 g/mol. The van der Waals surface area contributed by atoms with Crippen LogP contribution in [0.1, 0.15) is 43.0 Å². The zero-order valence-corrected chi connectivity index (χ0v) is 14.7. The van der Waals surface area contributed by atoms with Crippen LogP contribution in [0, 0.1) is 0 Å². The summed E-state index contributed by atoms with van der Waals surface area (Å²) in [6, 6.07) is 7.79. The van der Waals surface area contributed by atoms with Crippen molar-refractivity contribution in [1.29, 1.82) is 0 Å². The minimum absolute atomic E-state index is 0.248. The molecule has 1 aliphatic heterocycles. The number of aromatic nitrogens is 2. The van der Waals surface area contributed by atoms with Gasteiger partial charge >= 0.3 is 0 Å². The molecule has 1 fully saturated rings. The zero-order chi connectivity index (χ0) is 17.6. The number of nitrogens with one attached hydrogen (secondary N) is 1. The van der Waals surface area contributed by atoms with Gasteiger partial charge in [0.25, 0.3) is 5.91 Å². The average molecular weight is 340 g/mol. The van der Waals surface area contributed by atoms with Crippen LogP contribution >= 0.6 is 0 Å². The lowest BCUT2D eigenvalue weighted by Gasteiger charge is -2.35. The number of piperidine rings is 1. The molecule has 1 unspecified atom stereocenters. The van der Waals surface area contributed by atoms with E-state index in [0.29, 0.717) is 29.0 Å². The molecule has 0 bridgehead atoms. The minimum atomic E-state index is -0.248. The Labute approximate surface area is 148 Å². The van der Waals surface area contributed by atoms with Crippen LogP contribution in [0.4, 0.5) is 11.6 Å². The van der Waals surface area contributed by atoms with Gasteiger partial charge in [0, 0.05) is 25.0 Å². The maximum absolute atomic E-state index is 12.4. The van der Waals surface area contributed by atoms with Crippen LogP contribution in [0.25, 0.3) is 0 Å². The minimum Gasteiger partial charge on any atom is -0.495 e. The number of anilines is 2. The number of amides is 1. The molecule has 132 valence electrons. The molecule has 6 nitrogen and oxygen atoms in total. The van der Waals surface area contributed by atoms with Crippen molar-refractivity contribution < 1.29 is 9.53 Å². The Morgan fingerprint density at radius 3 is 2.76 bits per heavy atom. The number of nitrogens with zero attached hydrogens (tertiary/aromatic N) is 3. The van der Waals surface area contributed by atoms with Crippen molar-refractivity contribution in [3.05, 3.63) is 42.2 Å². The summed E-state index contributed by atoms with van der Waals surface area (Å²) in [5.41, 5.74) is 1.06. The topological polar surface area (TPSA) is 67.4 Å². The fraction of sp³-hybridized carbons (Fsp3) is 0.421. The van der Waals surface area contributed by atoms with Crippen molar-refractivity contribution in [3.63, 3.8) is 0 Å². The van der Waals surface area contributed by atoms with Crippen LogP contribution in [-0.4, -0.2) is 35.6 Å². The second-order valence-electron chi connectivity index (χ2n) is 6.18. The quantitative estimate of drug-likeness (QED) is 0.902. The fourth-order valence-electron chi connectivity index (χ4n) is 3.22. The Balaban J connectivity index is 1.72. The van der Waals surface area contributed by atoms with Crippen molar-refractivity contribution in [2.45, 2.75) is 38.6 Å². The summed E-state index contributed by atoms with van der Waals surface area (Å²) in [5.74, 6) is 1.08. The maximum atomic E-state index is 12.4. The Kier molecular flexibility index (Phi) is 5.48. The molecule has 0 spiro atoms. The van der Waals surface area contributed by atoms with Gasteiger partial charge in [-0.1, -0.05) is 19.1 Å². The summed E-state index contributed by atoms with van der Waals surface area (Å²) in [6.07, 6.45) is 7.86. The normalized spacial score (nSPS) is 17.2. The van der Waals surface area contributed by atoms with E-state index in [4.69, 9.17) is 4.74 Å². The molecule has 25 heavy (non-hydrogen) atoms. The smallest absolute Gasteiger partial charge is 0.258 e. The predicted molar refractivity (Wildman–Crippen MR) is 98.3 cm³/mol. The Morgan fingerprint density at radius 1 is 1.28 bits per heavy atom. The van der Waals surface area contributed by atoms with Crippen molar-refractivity contribution >= 4 is 17.5 Å². The van der Waals surface area contributed by atoms with Gasteiger partial charge < -0.3 is 15.0 Å². The van der Waals surface area contributed by atoms with Gasteiger partial charge in [-0.05, 0) is 37.8 Å². The molecule has 1 aromatic heterocycles. The van der Waals surface area contributed by atoms with Crippen LogP contribution < -0.4 is 15.0 Å². The van der Waals surface area contributed by atoms with Gasteiger partial charge in [-0.2, -0.15) is 0 Å². The average Bonchev–Trinajstić information content (AvgIpc) is 2.68. The third-order valence-electron chi connectivity index (χ3n) is 4.61. The highest BCUT2D eigenvalue weighted by molar-refractivity contribution is 6.04. The van der Waals surface area contributed by atoms with Crippen LogP contribution in [0.2, 0.25) is 0 Å². The van der Waals surface area contributed by atoms with Gasteiger partial charge in [0.15, 0.2) is 0 Å². The number of benzene rings is 1. The van der Waals surface area contributed by atoms with E-state index in [0.717, 1.165) is 19.4 Å². The number of rotatable bonds is 5. The van der Waals surface area contributed by atoms with E-state index in [1.165, 1.54) is 12.8 Å². The Bertz CT molecular complexity index is 718. The molecule has 0 aliphatic carbocycles. The van der Waals surface area contributed by atoms with E-state index < -0.39 is 0 Å². The molecule has 0 radical (unpaired) electrons. The Hall–Kier alpha value is -2.63. The standard InChI is InChI=1S/C19H24N4O2/c1-3-15-8-6-7-11-23(15)19-20-12-14(13-21-19)18(24)22-16-9-4-5-10-17(16)25-2/h4-5,9-10,12-13,15H,3,6-8,11H2,1-2H3,(H,22,24). The van der Waals surface area contributed by atoms with Gasteiger partial charge in [0.1, 0.15) is 5.75 Å². The van der Waals surface area contributed by atoms with Gasteiger partial charge in [0.05, 0.1) is 18.4 Å². The molecule has 0 saturated carbocycles. The molecule has 2 heterocycles. The van der Waals surface area contributed by atoms with Crippen LogP contribution in [0.3, 0.4) is 0 Å². The lowest BCUT2D eigenvalue weighted by Crippen LogP contribution is -2.40. The summed E-state index contributed by atoms with van der Waals surface area (Å²) >= 11 is 0. The highest BCUT2D eigenvalue weighted by Crippen LogP contribution is 2.25. The third kappa shape index (κ3) is 3.90. The molecule has 1 amide bonds. The van der Waals surface area contributed by atoms with Crippen molar-refractivity contribution in [3.8, 4) is 5.75 Å². The van der Waals surface area contributed by atoms with E-state index in [-0.39, 0.29) is 5.91 Å². The number of ether oxygens (including phenoxy) is 1. The first-order valence-corrected chi connectivity index (χ1v) is 8.76. The lowest BCUT2D eigenvalue weighted by molar-refractivity contribution is 0.102. The second kappa shape index (κ2) is 7.96. The highest BCUT2D eigenvalue weighted by Gasteiger charge is 2.23. The molecule has 1 atom stereocenters. The van der Waals surface area contributed by atoms with Gasteiger partial charge in [0.2, 0.25) is 5.95 Å². The fourth-order valence-corrected chi connectivity index (χ4v) is 3.22. The molecule has 2 aromatic rings. The third-order valence-corrected chi connectivity index (χ3v) is 4.61. The van der Waals surface area contributed by atoms with E-state index in [1.807, 2.05) is 12.1 Å². The van der Waals surface area contributed by atoms with Gasteiger partial charge in [-0.3, -0.25) is 4.79 Å². The van der Waals surface area contributed by atoms with Gasteiger partial charge in [-0.25, -0.2) is 9.97 Å². The second-order valence-corrected chi connectivity index (χ2v) is 6.18. The molecular weight excluding hydrogens is 316 g/mol. The largest absolute Gasteiger partial charge is 0.495 e. The molecule has 6 heteroatoms. The van der Waals surface area contributed by atoms with Crippen LogP contribution in [-0.2, 0) is 0 Å². The van der Waals surface area contributed by atoms with Crippen LogP contribution in [0.15, 0.2) is 36.7 Å². The first-order valence-electron chi connectivity index (χ1n) is 8.76. The number of carbonyl (C=O) groups excluding carboxylic acids is 1. The van der Waals surface area contributed by atoms with Gasteiger partial charge in [-0.15, -0.1) is 0 Å². The number of carbonyl (C=O) groups is 1. The first kappa shape index (κ1) is 17.2. The zero-order valence-electron chi connectivity index (χ0n) is 14.7. The summed E-state index contributed by atoms with van der Waals surface area (Å²) in [5, 5.41) is 2.84. The predicted octanol–water partition coefficient (Wildman–Crippen LogP) is 3.51. The number of hydrogen-bond donors (Lipinski definition) is 1. The summed E-state index contributed by atoms with van der Waals surface area (Å²) in [6.45, 7) is 3.17. The van der Waals surface area contributed by atoms with Crippen molar-refractivity contribution in [2.75, 3.05) is 23.9 Å². The number of hydrogen-bond acceptors (Lipinski definition) is 5. The Morgan fingerprint density at radius 2 is 2.04 bits per heavy atom. The lowest BCUT2D eigenvalue weighted by atomic mass is 10.0. The summed E-state index contributed by atoms with van der Waals surface area (Å²) < 4.78 is 5.25. The highest BCUT2D eigenvalue weighted by atomic mass is 16.5. The van der Waals surface area contributed by atoms with Crippen molar-refractivity contribution in [2.24, 2.45) is 0 Å². The van der Waals surface area contributed by atoms with E-state index in [9.17, 15) is 4.79 Å². The van der Waals surface area contributed by atoms with Crippen molar-refractivity contribution in [1.82, 2.24) is 9.97 Å². The SMILES string of the molecule is CCC1CCCCN1c1ncc(C(=O)Nc2ccccc2OC)cn1. The first-order chi connectivity index (χ1) is 12.2. The van der Waals surface area contributed by atoms with E-state index in [2.05, 4.69) is 27.1 Å². The summed E-state index contributed by atoms with van der Waals surface area (Å²) in [7, 11) is 1.58. The molecule has 1 aliphatic rings. The van der Waals surface area contributed by atoms with E-state index >= 15 is 0 Å². The number of methoxy groups -OCH3 is 1. The number of para-hydroxylation sites is 2. The molecule has 1 aromatic carbocycles. The van der Waals surface area contributed by atoms with E-state index in [1.54, 1.807) is 31.6 Å². The van der Waals surface area contributed by atoms with Crippen LogP contribution in [0.5, 0.6) is 5.75 Å². The molecule has 1 saturated heterocycles.